The molecule has 0 bridgehead atoms. The van der Waals surface area contributed by atoms with Crippen LogP contribution >= 0.6 is 0 Å². The molecule has 0 aromatic heterocycles. The van der Waals surface area contributed by atoms with Gasteiger partial charge in [0.05, 0.1) is 13.5 Å². The molecule has 4 N–H and O–H groups in total. The van der Waals surface area contributed by atoms with E-state index in [-0.39, 0.29) is 0 Å². The van der Waals surface area contributed by atoms with Crippen molar-refractivity contribution in [3.05, 3.63) is 24.3 Å². The Labute approximate surface area is 121 Å². The molecule has 1 rings (SSSR count). The SMILES string of the molecule is COc1ccc(N(C)C(=O)N[C@@H](CC(N)=O)C(=O)O)cc1. The summed E-state index contributed by atoms with van der Waals surface area (Å²) in [6.07, 6.45) is -0.475. The number of rotatable bonds is 6. The highest BCUT2D eigenvalue weighted by Gasteiger charge is 2.24. The molecule has 1 atom stereocenters. The number of nitrogens with one attached hydrogen (secondary N) is 1. The number of benzene rings is 1. The summed E-state index contributed by atoms with van der Waals surface area (Å²) >= 11 is 0. The van der Waals surface area contributed by atoms with Crippen molar-refractivity contribution in [3.63, 3.8) is 0 Å². The number of nitrogens with two attached hydrogens (primary N) is 1. The van der Waals surface area contributed by atoms with E-state index in [1.807, 2.05) is 0 Å². The van der Waals surface area contributed by atoms with Gasteiger partial charge in [0.2, 0.25) is 5.91 Å². The number of primary amides is 1. The highest BCUT2D eigenvalue weighted by Crippen LogP contribution is 2.18. The molecule has 1 aromatic carbocycles. The van der Waals surface area contributed by atoms with Crippen LogP contribution in [0.5, 0.6) is 5.75 Å². The van der Waals surface area contributed by atoms with Gasteiger partial charge in [-0.2, -0.15) is 0 Å². The Morgan fingerprint density at radius 3 is 2.33 bits per heavy atom. The van der Waals surface area contributed by atoms with Crippen LogP contribution in [-0.2, 0) is 9.59 Å². The third kappa shape index (κ3) is 4.68. The van der Waals surface area contributed by atoms with E-state index in [0.29, 0.717) is 11.4 Å². The molecule has 0 aliphatic rings. The van der Waals surface area contributed by atoms with Gasteiger partial charge in [0, 0.05) is 12.7 Å². The van der Waals surface area contributed by atoms with Crippen LogP contribution in [0.15, 0.2) is 24.3 Å². The summed E-state index contributed by atoms with van der Waals surface area (Å²) in [5, 5.41) is 11.2. The molecule has 8 nitrogen and oxygen atoms in total. The number of hydrogen-bond donors (Lipinski definition) is 3. The summed E-state index contributed by atoms with van der Waals surface area (Å²) in [6, 6.07) is 4.59. The third-order valence-corrected chi connectivity index (χ3v) is 2.77. The van der Waals surface area contributed by atoms with Gasteiger partial charge in [-0.05, 0) is 24.3 Å². The third-order valence-electron chi connectivity index (χ3n) is 2.77. The van der Waals surface area contributed by atoms with Crippen LogP contribution < -0.4 is 20.7 Å². The molecule has 0 unspecified atom stereocenters. The number of anilines is 1. The van der Waals surface area contributed by atoms with E-state index in [1.165, 1.54) is 19.1 Å². The lowest BCUT2D eigenvalue weighted by Crippen LogP contribution is -2.48. The second kappa shape index (κ2) is 7.13. The predicted octanol–water partition coefficient (Wildman–Crippen LogP) is 0.170. The number of nitrogens with zero attached hydrogens (tertiary/aromatic N) is 1. The van der Waals surface area contributed by atoms with Crippen LogP contribution in [0.3, 0.4) is 0 Å². The maximum absolute atomic E-state index is 12.0. The number of urea groups is 1. The molecular weight excluding hydrogens is 278 g/mol. The van der Waals surface area contributed by atoms with Gasteiger partial charge in [-0.25, -0.2) is 9.59 Å². The van der Waals surface area contributed by atoms with E-state index >= 15 is 0 Å². The fourth-order valence-electron chi connectivity index (χ4n) is 1.57. The number of hydrogen-bond acceptors (Lipinski definition) is 4. The van der Waals surface area contributed by atoms with Crippen molar-refractivity contribution >= 4 is 23.6 Å². The molecule has 114 valence electrons. The summed E-state index contributed by atoms with van der Waals surface area (Å²) in [7, 11) is 2.99. The van der Waals surface area contributed by atoms with Gasteiger partial charge in [-0.3, -0.25) is 9.69 Å². The van der Waals surface area contributed by atoms with E-state index in [1.54, 1.807) is 24.3 Å². The summed E-state index contributed by atoms with van der Waals surface area (Å²) < 4.78 is 5.00. The van der Waals surface area contributed by atoms with Gasteiger partial charge < -0.3 is 20.9 Å². The second-order valence-electron chi connectivity index (χ2n) is 4.27. The Hall–Kier alpha value is -2.77. The molecule has 1 aromatic rings. The maximum Gasteiger partial charge on any atom is 0.326 e. The van der Waals surface area contributed by atoms with E-state index in [4.69, 9.17) is 15.6 Å². The number of carboxylic acid groups (broad SMARTS) is 1. The predicted molar refractivity (Wildman–Crippen MR) is 75.2 cm³/mol. The summed E-state index contributed by atoms with van der Waals surface area (Å²) in [5.74, 6) is -1.51. The maximum atomic E-state index is 12.0. The van der Waals surface area contributed by atoms with Gasteiger partial charge in [0.1, 0.15) is 11.8 Å². The van der Waals surface area contributed by atoms with Crippen molar-refractivity contribution in [1.29, 1.82) is 0 Å². The molecule has 0 heterocycles. The molecule has 0 aliphatic carbocycles. The summed E-state index contributed by atoms with van der Waals surface area (Å²) in [6.45, 7) is 0. The van der Waals surface area contributed by atoms with Crippen molar-refractivity contribution in [2.45, 2.75) is 12.5 Å². The smallest absolute Gasteiger partial charge is 0.326 e. The quantitative estimate of drug-likeness (QED) is 0.690. The Kier molecular flexibility index (Phi) is 5.53. The van der Waals surface area contributed by atoms with E-state index < -0.39 is 30.4 Å². The van der Waals surface area contributed by atoms with Crippen LogP contribution in [-0.4, -0.2) is 43.2 Å². The largest absolute Gasteiger partial charge is 0.497 e. The van der Waals surface area contributed by atoms with Crippen molar-refractivity contribution in [3.8, 4) is 5.75 Å². The average molecular weight is 295 g/mol. The minimum absolute atomic E-state index is 0.475. The van der Waals surface area contributed by atoms with Gasteiger partial charge in [-0.1, -0.05) is 0 Å². The van der Waals surface area contributed by atoms with Crippen molar-refractivity contribution in [2.75, 3.05) is 19.1 Å². The molecule has 0 saturated heterocycles. The first-order valence-corrected chi connectivity index (χ1v) is 6.04. The Bertz CT molecular complexity index is 529. The Morgan fingerprint density at radius 1 is 1.33 bits per heavy atom. The minimum Gasteiger partial charge on any atom is -0.497 e. The highest BCUT2D eigenvalue weighted by molar-refractivity contribution is 5.95. The number of carboxylic acids is 1. The lowest BCUT2D eigenvalue weighted by molar-refractivity contribution is -0.140. The molecule has 0 spiro atoms. The molecular formula is C13H17N3O5. The lowest BCUT2D eigenvalue weighted by atomic mass is 10.2. The van der Waals surface area contributed by atoms with Gasteiger partial charge in [0.25, 0.3) is 0 Å². The first-order chi connectivity index (χ1) is 9.85. The van der Waals surface area contributed by atoms with Gasteiger partial charge >= 0.3 is 12.0 Å². The number of amides is 3. The van der Waals surface area contributed by atoms with Crippen LogP contribution in [0.2, 0.25) is 0 Å². The van der Waals surface area contributed by atoms with Crippen LogP contribution in [0, 0.1) is 0 Å². The van der Waals surface area contributed by atoms with Crippen molar-refractivity contribution in [1.82, 2.24) is 5.32 Å². The summed E-state index contributed by atoms with van der Waals surface area (Å²) in [4.78, 5) is 34.9. The van der Waals surface area contributed by atoms with E-state index in [2.05, 4.69) is 5.32 Å². The van der Waals surface area contributed by atoms with E-state index in [0.717, 1.165) is 0 Å². The number of carbonyl (C=O) groups excluding carboxylic acids is 2. The summed E-state index contributed by atoms with van der Waals surface area (Å²) in [5.41, 5.74) is 5.48. The average Bonchev–Trinajstić information content (AvgIpc) is 2.45. The topological polar surface area (TPSA) is 122 Å². The number of aliphatic carboxylic acids is 1. The molecule has 3 amide bonds. The first kappa shape index (κ1) is 16.3. The van der Waals surface area contributed by atoms with E-state index in [9.17, 15) is 14.4 Å². The molecule has 0 fully saturated rings. The number of carbonyl (C=O) groups is 3. The minimum atomic E-state index is -1.37. The molecule has 0 aliphatic heterocycles. The zero-order valence-corrected chi connectivity index (χ0v) is 11.7. The standard InChI is InChI=1S/C13H17N3O5/c1-16(8-3-5-9(21-2)6-4-8)13(20)15-10(12(18)19)7-11(14)17/h3-6,10H,7H2,1-2H3,(H2,14,17)(H,15,20)(H,18,19)/t10-/m0/s1. The Balaban J connectivity index is 2.76. The molecule has 0 radical (unpaired) electrons. The fourth-order valence-corrected chi connectivity index (χ4v) is 1.57. The Morgan fingerprint density at radius 2 is 1.90 bits per heavy atom. The fraction of sp³-hybridized carbons (Fsp3) is 0.308. The van der Waals surface area contributed by atoms with Crippen LogP contribution in [0.4, 0.5) is 10.5 Å². The van der Waals surface area contributed by atoms with Gasteiger partial charge in [0.15, 0.2) is 0 Å². The number of ether oxygens (including phenoxy) is 1. The molecule has 21 heavy (non-hydrogen) atoms. The zero-order chi connectivity index (χ0) is 16.0. The highest BCUT2D eigenvalue weighted by atomic mass is 16.5. The van der Waals surface area contributed by atoms with Gasteiger partial charge in [-0.15, -0.1) is 0 Å². The first-order valence-electron chi connectivity index (χ1n) is 6.04. The van der Waals surface area contributed by atoms with Crippen LogP contribution in [0.25, 0.3) is 0 Å². The normalized spacial score (nSPS) is 11.3. The zero-order valence-electron chi connectivity index (χ0n) is 11.7. The molecule has 8 heteroatoms. The second-order valence-corrected chi connectivity index (χ2v) is 4.27. The van der Waals surface area contributed by atoms with Crippen molar-refractivity contribution < 1.29 is 24.2 Å². The monoisotopic (exact) mass is 295 g/mol. The van der Waals surface area contributed by atoms with Crippen molar-refractivity contribution in [2.24, 2.45) is 5.73 Å². The number of methoxy groups -OCH3 is 1. The van der Waals surface area contributed by atoms with Crippen LogP contribution in [0.1, 0.15) is 6.42 Å². The molecule has 0 saturated carbocycles. The lowest BCUT2D eigenvalue weighted by Gasteiger charge is -2.21.